The quantitative estimate of drug-likeness (QED) is 0.169. The molecule has 0 fully saturated rings. The van der Waals surface area contributed by atoms with Crippen molar-refractivity contribution in [1.29, 1.82) is 0 Å². The van der Waals surface area contributed by atoms with E-state index in [0.717, 1.165) is 57.3 Å². The number of hydrogen-bond donors (Lipinski definition) is 0. The van der Waals surface area contributed by atoms with E-state index in [1.807, 2.05) is 0 Å². The molecular weight excluding hydrogens is 619 g/mol. The van der Waals surface area contributed by atoms with Crippen molar-refractivity contribution in [2.75, 3.05) is 4.90 Å². The maximum absolute atomic E-state index is 6.71. The summed E-state index contributed by atoms with van der Waals surface area (Å²) in [6, 6.07) is 50.7. The van der Waals surface area contributed by atoms with Crippen LogP contribution in [-0.4, -0.2) is 0 Å². The monoisotopic (exact) mass is 661 g/mol. The first kappa shape index (κ1) is 32.4. The zero-order valence-corrected chi connectivity index (χ0v) is 30.1. The lowest BCUT2D eigenvalue weighted by Gasteiger charge is -2.28. The third-order valence-corrected chi connectivity index (χ3v) is 10.5. The van der Waals surface area contributed by atoms with Crippen molar-refractivity contribution >= 4 is 22.6 Å². The normalized spacial score (nSPS) is 14.3. The van der Waals surface area contributed by atoms with Gasteiger partial charge < -0.3 is 9.64 Å². The van der Waals surface area contributed by atoms with E-state index < -0.39 is 0 Å². The van der Waals surface area contributed by atoms with Gasteiger partial charge in [-0.1, -0.05) is 136 Å². The summed E-state index contributed by atoms with van der Waals surface area (Å²) in [5.74, 6) is 1.80. The van der Waals surface area contributed by atoms with Crippen LogP contribution in [0.3, 0.4) is 0 Å². The van der Waals surface area contributed by atoms with Crippen LogP contribution in [0.1, 0.15) is 57.7 Å². The van der Waals surface area contributed by atoms with Gasteiger partial charge in [0.1, 0.15) is 11.5 Å². The van der Waals surface area contributed by atoms with Crippen LogP contribution < -0.4 is 9.64 Å². The smallest absolute Gasteiger partial charge is 0.142 e. The molecule has 0 N–H and O–H groups in total. The van der Waals surface area contributed by atoms with Gasteiger partial charge in [0, 0.05) is 33.6 Å². The third-order valence-electron chi connectivity index (χ3n) is 10.5. The Morgan fingerprint density at radius 3 is 1.88 bits per heavy atom. The van der Waals surface area contributed by atoms with E-state index in [4.69, 9.17) is 4.74 Å². The van der Waals surface area contributed by atoms with Crippen molar-refractivity contribution in [1.82, 2.24) is 0 Å². The summed E-state index contributed by atoms with van der Waals surface area (Å²) in [6.07, 6.45) is 7.44. The first-order valence-electron chi connectivity index (χ1n) is 18.0. The Balaban J connectivity index is 1.22. The van der Waals surface area contributed by atoms with E-state index in [0.29, 0.717) is 0 Å². The Kier molecular flexibility index (Phi) is 8.32. The lowest BCUT2D eigenvalue weighted by atomic mass is 9.82. The van der Waals surface area contributed by atoms with Crippen molar-refractivity contribution in [3.05, 3.63) is 186 Å². The molecule has 0 unspecified atom stereocenters. The molecule has 1 aliphatic carbocycles. The van der Waals surface area contributed by atoms with E-state index in [9.17, 15) is 0 Å². The fourth-order valence-electron chi connectivity index (χ4n) is 7.74. The molecule has 0 radical (unpaired) electrons. The first-order valence-corrected chi connectivity index (χ1v) is 18.0. The van der Waals surface area contributed by atoms with Gasteiger partial charge >= 0.3 is 0 Å². The Morgan fingerprint density at radius 2 is 1.16 bits per heavy atom. The summed E-state index contributed by atoms with van der Waals surface area (Å²) in [4.78, 5) is 2.38. The van der Waals surface area contributed by atoms with Crippen LogP contribution in [0.2, 0.25) is 0 Å². The molecule has 250 valence electrons. The molecule has 6 aromatic carbocycles. The molecule has 2 heteroatoms. The van der Waals surface area contributed by atoms with Gasteiger partial charge in [-0.3, -0.25) is 0 Å². The molecule has 0 saturated carbocycles. The first-order chi connectivity index (χ1) is 24.8. The maximum Gasteiger partial charge on any atom is 0.142 e. The van der Waals surface area contributed by atoms with Crippen molar-refractivity contribution in [2.24, 2.45) is 0 Å². The molecular formula is C49H43NO. The molecule has 2 aliphatic rings. The van der Waals surface area contributed by atoms with E-state index in [-0.39, 0.29) is 5.41 Å². The molecule has 0 bridgehead atoms. The lowest BCUT2D eigenvalue weighted by molar-refractivity contribution is 0.441. The van der Waals surface area contributed by atoms with Gasteiger partial charge in [-0.2, -0.15) is 0 Å². The van der Waals surface area contributed by atoms with Crippen molar-refractivity contribution in [2.45, 2.75) is 46.5 Å². The van der Waals surface area contributed by atoms with E-state index >= 15 is 0 Å². The number of rotatable bonds is 7. The maximum atomic E-state index is 6.71. The molecule has 0 aromatic heterocycles. The van der Waals surface area contributed by atoms with Crippen LogP contribution in [0, 0.1) is 0 Å². The number of para-hydroxylation sites is 1. The number of ether oxygens (including phenoxy) is 1. The van der Waals surface area contributed by atoms with Crippen LogP contribution in [0.4, 0.5) is 17.1 Å². The van der Waals surface area contributed by atoms with E-state index in [1.165, 1.54) is 39.0 Å². The molecule has 2 nitrogen and oxygen atoms in total. The van der Waals surface area contributed by atoms with Crippen LogP contribution in [0.15, 0.2) is 169 Å². The molecule has 8 rings (SSSR count). The zero-order valence-electron chi connectivity index (χ0n) is 30.1. The highest BCUT2D eigenvalue weighted by Gasteiger charge is 2.35. The second-order valence-corrected chi connectivity index (χ2v) is 14.2. The van der Waals surface area contributed by atoms with Crippen LogP contribution in [0.5, 0.6) is 5.75 Å². The highest BCUT2D eigenvalue weighted by molar-refractivity contribution is 5.87. The Bertz CT molecular complexity index is 2340. The summed E-state index contributed by atoms with van der Waals surface area (Å²) < 4.78 is 6.71. The van der Waals surface area contributed by atoms with Crippen molar-refractivity contribution in [3.8, 4) is 39.1 Å². The van der Waals surface area contributed by atoms with Crippen LogP contribution in [0.25, 0.3) is 39.0 Å². The van der Waals surface area contributed by atoms with Crippen molar-refractivity contribution in [3.63, 3.8) is 0 Å². The fourth-order valence-corrected chi connectivity index (χ4v) is 7.74. The largest absolute Gasteiger partial charge is 0.456 e. The second-order valence-electron chi connectivity index (χ2n) is 14.2. The molecule has 0 saturated heterocycles. The second kappa shape index (κ2) is 13.1. The highest BCUT2D eigenvalue weighted by Crippen LogP contribution is 2.51. The Labute approximate surface area is 302 Å². The molecule has 0 atom stereocenters. The number of allylic oxidation sites excluding steroid dienone is 5. The lowest BCUT2D eigenvalue weighted by Crippen LogP contribution is -2.16. The number of nitrogens with zero attached hydrogens (tertiary/aromatic N) is 1. The Morgan fingerprint density at radius 1 is 0.569 bits per heavy atom. The third kappa shape index (κ3) is 5.81. The van der Waals surface area contributed by atoms with Gasteiger partial charge in [-0.25, -0.2) is 0 Å². The van der Waals surface area contributed by atoms with E-state index in [2.05, 4.69) is 197 Å². The molecule has 1 heterocycles. The number of hydrogen-bond acceptors (Lipinski definition) is 2. The summed E-state index contributed by atoms with van der Waals surface area (Å²) >= 11 is 0. The molecule has 0 spiro atoms. The average Bonchev–Trinajstić information content (AvgIpc) is 3.31. The average molecular weight is 662 g/mol. The molecule has 0 amide bonds. The zero-order chi connectivity index (χ0) is 35.1. The van der Waals surface area contributed by atoms with Gasteiger partial charge in [0.05, 0.1) is 0 Å². The topological polar surface area (TPSA) is 12.5 Å². The summed E-state index contributed by atoms with van der Waals surface area (Å²) in [7, 11) is 0. The van der Waals surface area contributed by atoms with E-state index in [1.54, 1.807) is 0 Å². The number of anilines is 3. The Hall–Kier alpha value is -5.86. The van der Waals surface area contributed by atoms with Crippen molar-refractivity contribution < 1.29 is 4.74 Å². The molecule has 6 aromatic rings. The van der Waals surface area contributed by atoms with Gasteiger partial charge in [0.2, 0.25) is 0 Å². The minimum atomic E-state index is -0.0930. The fraction of sp³-hybridized carbons (Fsp3) is 0.143. The minimum Gasteiger partial charge on any atom is -0.456 e. The highest BCUT2D eigenvalue weighted by atomic mass is 16.5. The van der Waals surface area contributed by atoms with Gasteiger partial charge in [0.25, 0.3) is 0 Å². The number of fused-ring (bicyclic) bond motifs is 4. The standard InChI is InChI=1S/C49H43NO/c1-6-7-20-47-34(3)31-33(2)41-17-13-18-42(48(41)51-47)37-23-27-39(28-24-37)50(38-25-21-36(22-26-38)35-14-9-8-10-15-35)40-29-30-44-43-16-11-12-19-45(43)49(4,5)46(44)32-40/h7-32H,6H2,1-5H3. The summed E-state index contributed by atoms with van der Waals surface area (Å²) in [5.41, 5.74) is 16.7. The minimum absolute atomic E-state index is 0.0930. The van der Waals surface area contributed by atoms with Gasteiger partial charge in [-0.15, -0.1) is 0 Å². The summed E-state index contributed by atoms with van der Waals surface area (Å²) in [5, 5.41) is 0. The summed E-state index contributed by atoms with van der Waals surface area (Å²) in [6.45, 7) is 11.1. The van der Waals surface area contributed by atoms with Crippen LogP contribution in [-0.2, 0) is 5.41 Å². The van der Waals surface area contributed by atoms with Gasteiger partial charge in [0.15, 0.2) is 0 Å². The SMILES string of the molecule is CCC=CC1=C(C)C=C(C)c2cccc(-c3ccc(N(c4ccc(-c5ccccc5)cc4)c4ccc5c(c4)C(C)(C)c4ccccc4-5)cc3)c2O1. The predicted octanol–water partition coefficient (Wildman–Crippen LogP) is 13.8. The molecule has 51 heavy (non-hydrogen) atoms. The number of benzene rings is 6. The van der Waals surface area contributed by atoms with Crippen LogP contribution >= 0.6 is 0 Å². The molecule has 1 aliphatic heterocycles. The van der Waals surface area contributed by atoms with Gasteiger partial charge in [-0.05, 0) is 113 Å². The predicted molar refractivity (Wildman–Crippen MR) is 216 cm³/mol.